The van der Waals surface area contributed by atoms with Crippen LogP contribution in [-0.4, -0.2) is 54.8 Å². The molecule has 0 aliphatic carbocycles. The Morgan fingerprint density at radius 1 is 1.33 bits per heavy atom. The molecule has 5 nitrogen and oxygen atoms in total. The van der Waals surface area contributed by atoms with Crippen LogP contribution in [0.3, 0.4) is 0 Å². The van der Waals surface area contributed by atoms with Crippen LogP contribution in [0.5, 0.6) is 0 Å². The van der Waals surface area contributed by atoms with Gasteiger partial charge in [-0.3, -0.25) is 4.79 Å². The fraction of sp³-hybridized carbons (Fsp3) is 0.833. The van der Waals surface area contributed by atoms with Gasteiger partial charge in [0.25, 0.3) is 0 Å². The molecule has 1 atom stereocenters. The zero-order valence-electron chi connectivity index (χ0n) is 11.4. The van der Waals surface area contributed by atoms with Crippen LogP contribution >= 0.6 is 12.2 Å². The largest absolute Gasteiger partial charge is 0.378 e. The highest BCUT2D eigenvalue weighted by atomic mass is 32.1. The number of nitrogens with one attached hydrogen (secondary N) is 2. The van der Waals surface area contributed by atoms with Crippen molar-refractivity contribution in [3.8, 4) is 0 Å². The third-order valence-corrected chi connectivity index (χ3v) is 2.97. The molecule has 1 heterocycles. The fourth-order valence-electron chi connectivity index (χ4n) is 1.66. The minimum Gasteiger partial charge on any atom is -0.378 e. The molecular formula is C12H23N3O2S. The molecule has 1 unspecified atom stereocenters. The van der Waals surface area contributed by atoms with Crippen LogP contribution in [0.25, 0.3) is 0 Å². The van der Waals surface area contributed by atoms with E-state index in [1.165, 1.54) is 0 Å². The lowest BCUT2D eigenvalue weighted by Crippen LogP contribution is -2.52. The van der Waals surface area contributed by atoms with E-state index in [2.05, 4.69) is 24.5 Å². The molecule has 0 saturated carbocycles. The average molecular weight is 273 g/mol. The highest BCUT2D eigenvalue weighted by Crippen LogP contribution is 2.00. The molecule has 0 radical (unpaired) electrons. The quantitative estimate of drug-likeness (QED) is 0.724. The van der Waals surface area contributed by atoms with E-state index in [4.69, 9.17) is 17.0 Å². The summed E-state index contributed by atoms with van der Waals surface area (Å²) in [6, 6.07) is -0.296. The minimum atomic E-state index is -0.296. The van der Waals surface area contributed by atoms with Gasteiger partial charge in [0.15, 0.2) is 5.11 Å². The van der Waals surface area contributed by atoms with Crippen molar-refractivity contribution in [1.29, 1.82) is 0 Å². The summed E-state index contributed by atoms with van der Waals surface area (Å²) in [7, 11) is 0. The van der Waals surface area contributed by atoms with Gasteiger partial charge in [0.1, 0.15) is 6.04 Å². The minimum absolute atomic E-state index is 0.0759. The predicted octanol–water partition coefficient (Wildman–Crippen LogP) is 0.354. The Kier molecular flexibility index (Phi) is 6.35. The van der Waals surface area contributed by atoms with Gasteiger partial charge in [0.05, 0.1) is 13.2 Å². The van der Waals surface area contributed by atoms with Crippen molar-refractivity contribution >= 4 is 23.2 Å². The SMILES string of the molecule is CC(C)CNC(=S)NC(C)C(=O)N1CCOCC1. The van der Waals surface area contributed by atoms with Gasteiger partial charge in [-0.05, 0) is 25.1 Å². The molecule has 0 aromatic carbocycles. The molecular weight excluding hydrogens is 250 g/mol. The van der Waals surface area contributed by atoms with Crippen LogP contribution < -0.4 is 10.6 Å². The standard InChI is InChI=1S/C12H23N3O2S/c1-9(2)8-13-12(18)14-10(3)11(16)15-4-6-17-7-5-15/h9-10H,4-8H2,1-3H3,(H2,13,14,18). The topological polar surface area (TPSA) is 53.6 Å². The summed E-state index contributed by atoms with van der Waals surface area (Å²) in [5, 5.41) is 6.66. The monoisotopic (exact) mass is 273 g/mol. The summed E-state index contributed by atoms with van der Waals surface area (Å²) in [6.07, 6.45) is 0. The maximum atomic E-state index is 12.1. The highest BCUT2D eigenvalue weighted by molar-refractivity contribution is 7.80. The molecule has 0 aromatic rings. The molecule has 1 amide bonds. The van der Waals surface area contributed by atoms with Gasteiger partial charge in [0.2, 0.25) is 5.91 Å². The number of morpholine rings is 1. The second-order valence-corrected chi connectivity index (χ2v) is 5.32. The summed E-state index contributed by atoms with van der Waals surface area (Å²) in [5.41, 5.74) is 0. The highest BCUT2D eigenvalue weighted by Gasteiger charge is 2.22. The zero-order chi connectivity index (χ0) is 13.5. The van der Waals surface area contributed by atoms with E-state index in [-0.39, 0.29) is 11.9 Å². The number of hydrogen-bond donors (Lipinski definition) is 2. The molecule has 104 valence electrons. The third kappa shape index (κ3) is 5.18. The van der Waals surface area contributed by atoms with Gasteiger partial charge in [-0.15, -0.1) is 0 Å². The van der Waals surface area contributed by atoms with Gasteiger partial charge in [-0.25, -0.2) is 0 Å². The lowest BCUT2D eigenvalue weighted by molar-refractivity contribution is -0.136. The maximum absolute atomic E-state index is 12.1. The van der Waals surface area contributed by atoms with Gasteiger partial charge in [0, 0.05) is 19.6 Å². The van der Waals surface area contributed by atoms with Crippen LogP contribution in [0.2, 0.25) is 0 Å². The first-order valence-electron chi connectivity index (χ1n) is 6.41. The van der Waals surface area contributed by atoms with Crippen LogP contribution in [0.4, 0.5) is 0 Å². The number of thiocarbonyl (C=S) groups is 1. The molecule has 1 aliphatic heterocycles. The Bertz CT molecular complexity index is 291. The number of rotatable bonds is 4. The van der Waals surface area contributed by atoms with E-state index in [0.29, 0.717) is 37.3 Å². The molecule has 0 aromatic heterocycles. The molecule has 1 rings (SSSR count). The Balaban J connectivity index is 2.32. The Morgan fingerprint density at radius 2 is 1.94 bits per heavy atom. The van der Waals surface area contributed by atoms with Gasteiger partial charge < -0.3 is 20.3 Å². The van der Waals surface area contributed by atoms with Crippen molar-refractivity contribution in [2.45, 2.75) is 26.8 Å². The van der Waals surface area contributed by atoms with E-state index < -0.39 is 0 Å². The number of nitrogens with zero attached hydrogens (tertiary/aromatic N) is 1. The first kappa shape index (κ1) is 15.2. The van der Waals surface area contributed by atoms with Crippen molar-refractivity contribution in [3.63, 3.8) is 0 Å². The summed E-state index contributed by atoms with van der Waals surface area (Å²) >= 11 is 5.15. The average Bonchev–Trinajstić information content (AvgIpc) is 2.36. The lowest BCUT2D eigenvalue weighted by Gasteiger charge is -2.29. The Hall–Kier alpha value is -0.880. The second kappa shape index (κ2) is 7.53. The van der Waals surface area contributed by atoms with Gasteiger partial charge in [-0.2, -0.15) is 0 Å². The number of amides is 1. The molecule has 1 saturated heterocycles. The summed E-state index contributed by atoms with van der Waals surface area (Å²) < 4.78 is 5.22. The summed E-state index contributed by atoms with van der Waals surface area (Å²) in [6.45, 7) is 9.43. The lowest BCUT2D eigenvalue weighted by atomic mass is 10.2. The van der Waals surface area contributed by atoms with Crippen molar-refractivity contribution in [3.05, 3.63) is 0 Å². The van der Waals surface area contributed by atoms with E-state index in [9.17, 15) is 4.79 Å². The Morgan fingerprint density at radius 3 is 2.50 bits per heavy atom. The summed E-state index contributed by atoms with van der Waals surface area (Å²) in [4.78, 5) is 13.9. The summed E-state index contributed by atoms with van der Waals surface area (Å²) in [5.74, 6) is 0.599. The van der Waals surface area contributed by atoms with Crippen LogP contribution in [-0.2, 0) is 9.53 Å². The number of hydrogen-bond acceptors (Lipinski definition) is 3. The molecule has 6 heteroatoms. The number of carbonyl (C=O) groups excluding carboxylic acids is 1. The van der Waals surface area contributed by atoms with E-state index in [1.54, 1.807) is 0 Å². The van der Waals surface area contributed by atoms with Gasteiger partial charge >= 0.3 is 0 Å². The van der Waals surface area contributed by atoms with Crippen molar-refractivity contribution in [2.75, 3.05) is 32.8 Å². The number of carbonyl (C=O) groups is 1. The molecule has 1 aliphatic rings. The first-order valence-corrected chi connectivity index (χ1v) is 6.82. The van der Waals surface area contributed by atoms with Crippen LogP contribution in [0.1, 0.15) is 20.8 Å². The van der Waals surface area contributed by atoms with Crippen molar-refractivity contribution in [1.82, 2.24) is 15.5 Å². The molecule has 18 heavy (non-hydrogen) atoms. The van der Waals surface area contributed by atoms with Crippen LogP contribution in [0.15, 0.2) is 0 Å². The zero-order valence-corrected chi connectivity index (χ0v) is 12.2. The Labute approximate surface area is 114 Å². The van der Waals surface area contributed by atoms with E-state index in [1.807, 2.05) is 11.8 Å². The van der Waals surface area contributed by atoms with E-state index >= 15 is 0 Å². The number of ether oxygens (including phenoxy) is 1. The van der Waals surface area contributed by atoms with Gasteiger partial charge in [-0.1, -0.05) is 13.8 Å². The molecule has 0 bridgehead atoms. The molecule has 0 spiro atoms. The maximum Gasteiger partial charge on any atom is 0.244 e. The molecule has 2 N–H and O–H groups in total. The van der Waals surface area contributed by atoms with Crippen LogP contribution in [0, 0.1) is 5.92 Å². The smallest absolute Gasteiger partial charge is 0.244 e. The second-order valence-electron chi connectivity index (χ2n) is 4.91. The first-order chi connectivity index (χ1) is 8.50. The predicted molar refractivity (Wildman–Crippen MR) is 75.4 cm³/mol. The molecule has 1 fully saturated rings. The fourth-order valence-corrected chi connectivity index (χ4v) is 1.92. The van der Waals surface area contributed by atoms with E-state index in [0.717, 1.165) is 6.54 Å². The third-order valence-electron chi connectivity index (χ3n) is 2.71. The van der Waals surface area contributed by atoms with Crippen molar-refractivity contribution < 1.29 is 9.53 Å². The van der Waals surface area contributed by atoms with Crippen molar-refractivity contribution in [2.24, 2.45) is 5.92 Å². The normalized spacial score (nSPS) is 17.4.